The van der Waals surface area contributed by atoms with Crippen LogP contribution in [0.4, 0.5) is 16.2 Å². The molecule has 136 valence electrons. The lowest BCUT2D eigenvalue weighted by atomic mass is 10.1. The summed E-state index contributed by atoms with van der Waals surface area (Å²) in [5.41, 5.74) is -0.624. The number of carbonyl (C=O) groups is 2. The van der Waals surface area contributed by atoms with Crippen LogP contribution in [-0.2, 0) is 4.74 Å². The number of ether oxygens (including phenoxy) is 1. The van der Waals surface area contributed by atoms with Crippen molar-refractivity contribution in [3.05, 3.63) is 33.9 Å². The molecule has 1 aromatic rings. The average Bonchev–Trinajstić information content (AvgIpc) is 2.53. The van der Waals surface area contributed by atoms with E-state index in [4.69, 9.17) is 4.74 Å². The Morgan fingerprint density at radius 3 is 2.40 bits per heavy atom. The number of nitrogens with zero attached hydrogens (tertiary/aromatic N) is 2. The monoisotopic (exact) mass is 349 g/mol. The minimum atomic E-state index is -0.763. The van der Waals surface area contributed by atoms with Gasteiger partial charge in [0.15, 0.2) is 0 Å². The number of amides is 2. The molecule has 0 spiro atoms. The van der Waals surface area contributed by atoms with Crippen LogP contribution in [0.25, 0.3) is 0 Å². The lowest BCUT2D eigenvalue weighted by Crippen LogP contribution is -2.36. The number of carbonyl (C=O) groups excluding carboxylic acids is 2. The minimum absolute atomic E-state index is 0.0824. The Balaban J connectivity index is 2.30. The van der Waals surface area contributed by atoms with Crippen molar-refractivity contribution in [2.24, 2.45) is 0 Å². The fourth-order valence-electron chi connectivity index (χ4n) is 2.62. The summed E-state index contributed by atoms with van der Waals surface area (Å²) < 4.78 is 5.18. The number of rotatable bonds is 3. The Hall–Kier alpha value is -2.64. The van der Waals surface area contributed by atoms with Crippen LogP contribution >= 0.6 is 0 Å². The van der Waals surface area contributed by atoms with Crippen LogP contribution in [0.3, 0.4) is 0 Å². The zero-order valence-corrected chi connectivity index (χ0v) is 14.7. The van der Waals surface area contributed by atoms with Gasteiger partial charge in [-0.25, -0.2) is 4.79 Å². The summed E-state index contributed by atoms with van der Waals surface area (Å²) in [7, 11) is 0. The molecule has 1 heterocycles. The van der Waals surface area contributed by atoms with Crippen LogP contribution in [0, 0.1) is 10.1 Å². The van der Waals surface area contributed by atoms with Crippen LogP contribution in [0.1, 0.15) is 50.4 Å². The molecule has 0 atom stereocenters. The third-order valence-electron chi connectivity index (χ3n) is 3.72. The summed E-state index contributed by atoms with van der Waals surface area (Å²) in [6, 6.07) is 3.82. The number of hydrogen-bond acceptors (Lipinski definition) is 5. The van der Waals surface area contributed by atoms with Gasteiger partial charge in [-0.05, 0) is 46.1 Å². The molecular weight excluding hydrogens is 326 g/mol. The van der Waals surface area contributed by atoms with Crippen LogP contribution in [0.15, 0.2) is 18.2 Å². The molecule has 0 saturated carbocycles. The molecule has 0 radical (unpaired) electrons. The second-order valence-electron chi connectivity index (χ2n) is 6.97. The minimum Gasteiger partial charge on any atom is -0.444 e. The zero-order chi connectivity index (χ0) is 18.6. The normalized spacial score (nSPS) is 14.8. The Labute approximate surface area is 146 Å². The Morgan fingerprint density at radius 1 is 1.20 bits per heavy atom. The number of non-ortho nitro benzene ring substituents is 1. The van der Waals surface area contributed by atoms with Gasteiger partial charge in [0.25, 0.3) is 11.6 Å². The van der Waals surface area contributed by atoms with E-state index >= 15 is 0 Å². The van der Waals surface area contributed by atoms with Crippen molar-refractivity contribution in [2.75, 3.05) is 18.4 Å². The maximum atomic E-state index is 12.7. The summed E-state index contributed by atoms with van der Waals surface area (Å²) in [5.74, 6) is -0.249. The number of nitro benzene ring substituents is 1. The van der Waals surface area contributed by atoms with Gasteiger partial charge in [0.2, 0.25) is 0 Å². The van der Waals surface area contributed by atoms with Crippen LogP contribution < -0.4 is 5.32 Å². The van der Waals surface area contributed by atoms with E-state index in [-0.39, 0.29) is 22.8 Å². The van der Waals surface area contributed by atoms with Gasteiger partial charge in [-0.15, -0.1) is 0 Å². The summed E-state index contributed by atoms with van der Waals surface area (Å²) in [5, 5.41) is 13.5. The van der Waals surface area contributed by atoms with Crippen molar-refractivity contribution in [3.63, 3.8) is 0 Å². The first-order valence-electron chi connectivity index (χ1n) is 8.25. The first kappa shape index (κ1) is 18.7. The van der Waals surface area contributed by atoms with E-state index in [2.05, 4.69) is 5.32 Å². The Morgan fingerprint density at radius 2 is 1.84 bits per heavy atom. The zero-order valence-electron chi connectivity index (χ0n) is 14.7. The van der Waals surface area contributed by atoms with E-state index in [1.807, 2.05) is 0 Å². The van der Waals surface area contributed by atoms with Gasteiger partial charge in [0.1, 0.15) is 5.60 Å². The highest BCUT2D eigenvalue weighted by Gasteiger charge is 2.25. The van der Waals surface area contributed by atoms with E-state index in [1.165, 1.54) is 18.2 Å². The molecule has 25 heavy (non-hydrogen) atoms. The Bertz CT molecular complexity index is 675. The number of nitrogens with one attached hydrogen (secondary N) is 1. The molecule has 1 fully saturated rings. The van der Waals surface area contributed by atoms with Gasteiger partial charge < -0.3 is 9.64 Å². The maximum Gasteiger partial charge on any atom is 0.412 e. The van der Waals surface area contributed by atoms with Crippen molar-refractivity contribution in [3.8, 4) is 0 Å². The van der Waals surface area contributed by atoms with Gasteiger partial charge in [-0.1, -0.05) is 0 Å². The Kier molecular flexibility index (Phi) is 5.61. The molecule has 1 aliphatic rings. The number of likely N-dealkylation sites (tertiary alicyclic amines) is 1. The molecule has 2 amide bonds. The number of piperidine rings is 1. The van der Waals surface area contributed by atoms with Crippen LogP contribution in [-0.4, -0.2) is 40.5 Å². The molecular formula is C17H23N3O5. The topological polar surface area (TPSA) is 102 Å². The third-order valence-corrected chi connectivity index (χ3v) is 3.72. The molecule has 8 nitrogen and oxygen atoms in total. The number of anilines is 1. The fraction of sp³-hybridized carbons (Fsp3) is 0.529. The van der Waals surface area contributed by atoms with E-state index < -0.39 is 16.6 Å². The molecule has 0 aliphatic carbocycles. The van der Waals surface area contributed by atoms with Gasteiger partial charge in [0, 0.05) is 25.2 Å². The molecule has 0 bridgehead atoms. The summed E-state index contributed by atoms with van der Waals surface area (Å²) in [6.07, 6.45) is 2.16. The predicted molar refractivity (Wildman–Crippen MR) is 92.7 cm³/mol. The first-order valence-corrected chi connectivity index (χ1v) is 8.25. The van der Waals surface area contributed by atoms with Crippen molar-refractivity contribution >= 4 is 23.4 Å². The SMILES string of the molecule is CC(C)(C)OC(=O)Nc1cc([N+](=O)[O-])ccc1C(=O)N1CCCCC1. The van der Waals surface area contributed by atoms with Gasteiger partial charge in [-0.3, -0.25) is 20.2 Å². The molecule has 0 unspecified atom stereocenters. The third kappa shape index (κ3) is 5.17. The van der Waals surface area contributed by atoms with Crippen LogP contribution in [0.5, 0.6) is 0 Å². The second kappa shape index (κ2) is 7.50. The van der Waals surface area contributed by atoms with E-state index in [0.717, 1.165) is 19.3 Å². The highest BCUT2D eigenvalue weighted by atomic mass is 16.6. The fourth-order valence-corrected chi connectivity index (χ4v) is 2.62. The molecule has 8 heteroatoms. The van der Waals surface area contributed by atoms with Gasteiger partial charge in [-0.2, -0.15) is 0 Å². The second-order valence-corrected chi connectivity index (χ2v) is 6.97. The summed E-state index contributed by atoms with van der Waals surface area (Å²) >= 11 is 0. The van der Waals surface area contributed by atoms with Crippen molar-refractivity contribution in [2.45, 2.75) is 45.6 Å². The standard InChI is InChI=1S/C17H23N3O5/c1-17(2,3)25-16(22)18-14-11-12(20(23)24)7-8-13(14)15(21)19-9-5-4-6-10-19/h7-8,11H,4-6,9-10H2,1-3H3,(H,18,22). The smallest absolute Gasteiger partial charge is 0.412 e. The highest BCUT2D eigenvalue weighted by Crippen LogP contribution is 2.26. The molecule has 1 aliphatic heterocycles. The largest absolute Gasteiger partial charge is 0.444 e. The number of nitro groups is 1. The highest BCUT2D eigenvalue weighted by molar-refractivity contribution is 6.03. The molecule has 1 N–H and O–H groups in total. The molecule has 1 aromatic carbocycles. The summed E-state index contributed by atoms with van der Waals surface area (Å²) in [4.78, 5) is 36.9. The van der Waals surface area contributed by atoms with Crippen molar-refractivity contribution in [1.29, 1.82) is 0 Å². The van der Waals surface area contributed by atoms with Crippen molar-refractivity contribution in [1.82, 2.24) is 4.90 Å². The number of hydrogen-bond donors (Lipinski definition) is 1. The van der Waals surface area contributed by atoms with Gasteiger partial charge >= 0.3 is 6.09 Å². The van der Waals surface area contributed by atoms with E-state index in [1.54, 1.807) is 25.7 Å². The molecule has 0 aromatic heterocycles. The lowest BCUT2D eigenvalue weighted by Gasteiger charge is -2.27. The van der Waals surface area contributed by atoms with E-state index in [0.29, 0.717) is 13.1 Å². The quantitative estimate of drug-likeness (QED) is 0.664. The predicted octanol–water partition coefficient (Wildman–Crippen LogP) is 3.57. The van der Waals surface area contributed by atoms with Crippen molar-refractivity contribution < 1.29 is 19.2 Å². The lowest BCUT2D eigenvalue weighted by molar-refractivity contribution is -0.384. The molecule has 1 saturated heterocycles. The van der Waals surface area contributed by atoms with E-state index in [9.17, 15) is 19.7 Å². The molecule has 2 rings (SSSR count). The maximum absolute atomic E-state index is 12.7. The average molecular weight is 349 g/mol. The summed E-state index contributed by atoms with van der Waals surface area (Å²) in [6.45, 7) is 6.41. The van der Waals surface area contributed by atoms with Gasteiger partial charge in [0.05, 0.1) is 16.2 Å². The number of benzene rings is 1. The first-order chi connectivity index (χ1) is 11.7. The van der Waals surface area contributed by atoms with Crippen LogP contribution in [0.2, 0.25) is 0 Å².